The van der Waals surface area contributed by atoms with E-state index in [0.29, 0.717) is 17.5 Å². The number of pyridine rings is 1. The first-order chi connectivity index (χ1) is 25.2. The largest absolute Gasteiger partial charge is 0.454 e. The minimum Gasteiger partial charge on any atom is -0.454 e. The highest BCUT2D eigenvalue weighted by atomic mass is 16.3. The number of rotatable bonds is 5. The van der Waals surface area contributed by atoms with Crippen LogP contribution in [0.15, 0.2) is 174 Å². The van der Waals surface area contributed by atoms with Crippen LogP contribution in [0.5, 0.6) is 0 Å². The van der Waals surface area contributed by atoms with Crippen LogP contribution in [0.1, 0.15) is 0 Å². The van der Waals surface area contributed by atoms with Crippen molar-refractivity contribution in [2.75, 3.05) is 0 Å². The normalized spacial score (nSPS) is 11.5. The Kier molecular flexibility index (Phi) is 6.74. The predicted molar refractivity (Wildman–Crippen MR) is 207 cm³/mol. The molecule has 0 unspecified atom stereocenters. The van der Waals surface area contributed by atoms with E-state index in [1.807, 2.05) is 60.7 Å². The molecule has 0 amide bonds. The second-order valence-corrected chi connectivity index (χ2v) is 12.7. The third-order valence-electron chi connectivity index (χ3n) is 9.54. The highest BCUT2D eigenvalue weighted by molar-refractivity contribution is 6.07. The summed E-state index contributed by atoms with van der Waals surface area (Å²) in [6.45, 7) is 0. The second-order valence-electron chi connectivity index (χ2n) is 12.7. The van der Waals surface area contributed by atoms with Crippen molar-refractivity contribution in [1.29, 1.82) is 0 Å². The number of hydrogen-bond donors (Lipinski definition) is 0. The molecule has 7 aromatic carbocycles. The van der Waals surface area contributed by atoms with Gasteiger partial charge in [-0.1, -0.05) is 140 Å². The van der Waals surface area contributed by atoms with Crippen LogP contribution in [-0.4, -0.2) is 19.9 Å². The Morgan fingerprint density at radius 3 is 1.67 bits per heavy atom. The number of para-hydroxylation sites is 1. The zero-order chi connectivity index (χ0) is 33.7. The molecule has 0 fully saturated rings. The average Bonchev–Trinajstić information content (AvgIpc) is 3.56. The maximum absolute atomic E-state index is 6.19. The summed E-state index contributed by atoms with van der Waals surface area (Å²) in [5.41, 5.74) is 10.8. The molecule has 5 heteroatoms. The molecule has 5 nitrogen and oxygen atoms in total. The molecule has 3 aromatic heterocycles. The van der Waals surface area contributed by atoms with Gasteiger partial charge in [-0.2, -0.15) is 0 Å². The molecule has 0 aliphatic heterocycles. The van der Waals surface area contributed by atoms with E-state index in [1.54, 1.807) is 0 Å². The summed E-state index contributed by atoms with van der Waals surface area (Å²) < 4.78 is 6.19. The van der Waals surface area contributed by atoms with E-state index in [4.69, 9.17) is 24.4 Å². The number of aromatic nitrogens is 4. The molecule has 0 N–H and O–H groups in total. The summed E-state index contributed by atoms with van der Waals surface area (Å²) in [5.74, 6) is 1.89. The van der Waals surface area contributed by atoms with Crippen LogP contribution < -0.4 is 0 Å². The van der Waals surface area contributed by atoms with Gasteiger partial charge in [-0.15, -0.1) is 0 Å². The van der Waals surface area contributed by atoms with Gasteiger partial charge in [0.2, 0.25) is 0 Å². The molecule has 10 aromatic rings. The Hall–Kier alpha value is -6.98. The maximum atomic E-state index is 6.19. The molecular formula is C46H28N4O. The van der Waals surface area contributed by atoms with Crippen LogP contribution in [0.4, 0.5) is 0 Å². The van der Waals surface area contributed by atoms with E-state index in [1.165, 1.54) is 11.1 Å². The Morgan fingerprint density at radius 2 is 0.902 bits per heavy atom. The number of fused-ring (bicyclic) bond motifs is 5. The van der Waals surface area contributed by atoms with Crippen LogP contribution in [0.25, 0.3) is 100 Å². The third-order valence-corrected chi connectivity index (χ3v) is 9.54. The Bertz CT molecular complexity index is 2900. The van der Waals surface area contributed by atoms with Gasteiger partial charge >= 0.3 is 0 Å². The number of benzene rings is 7. The molecule has 0 spiro atoms. The first-order valence-corrected chi connectivity index (χ1v) is 17.0. The molecule has 0 aliphatic carbocycles. The topological polar surface area (TPSA) is 64.7 Å². The molecule has 10 rings (SSSR count). The molecule has 0 saturated carbocycles. The van der Waals surface area contributed by atoms with E-state index in [0.717, 1.165) is 71.6 Å². The van der Waals surface area contributed by atoms with Crippen LogP contribution >= 0.6 is 0 Å². The maximum Gasteiger partial charge on any atom is 0.164 e. The molecule has 0 saturated heterocycles. The molecule has 0 aliphatic rings. The zero-order valence-corrected chi connectivity index (χ0v) is 27.4. The van der Waals surface area contributed by atoms with Crippen molar-refractivity contribution in [3.8, 4) is 56.4 Å². The van der Waals surface area contributed by atoms with Gasteiger partial charge in [0.15, 0.2) is 23.1 Å². The molecular weight excluding hydrogens is 625 g/mol. The Morgan fingerprint density at radius 1 is 0.333 bits per heavy atom. The molecule has 3 heterocycles. The minimum absolute atomic E-state index is 0.619. The standard InChI is InChI=1S/C46H28N4O/c1-3-11-30(12-4-1)35-24-25-38(37-17-9-8-16-36(35)37)46-49-44(31-13-5-2-6-14-31)48-45(50-46)32-21-19-29(20-22-32)33-23-26-41-39(27-33)43-42(51-41)28-34-15-7-10-18-40(34)47-43/h1-28H. The van der Waals surface area contributed by atoms with Gasteiger partial charge in [-0.25, -0.2) is 19.9 Å². The average molecular weight is 653 g/mol. The lowest BCUT2D eigenvalue weighted by atomic mass is 9.94. The number of nitrogens with zero attached hydrogens (tertiary/aromatic N) is 4. The summed E-state index contributed by atoms with van der Waals surface area (Å²) in [7, 11) is 0. The SMILES string of the molecule is c1ccc(-c2nc(-c3ccc(-c4ccc5oc6cc7ccccc7nc6c5c4)cc3)nc(-c3ccc(-c4ccccc4)c4ccccc34)n2)cc1. The lowest BCUT2D eigenvalue weighted by molar-refractivity contribution is 0.669. The van der Waals surface area contributed by atoms with Crippen molar-refractivity contribution < 1.29 is 4.42 Å². The van der Waals surface area contributed by atoms with E-state index >= 15 is 0 Å². The molecule has 238 valence electrons. The van der Waals surface area contributed by atoms with E-state index < -0.39 is 0 Å². The van der Waals surface area contributed by atoms with Crippen molar-refractivity contribution in [3.05, 3.63) is 170 Å². The summed E-state index contributed by atoms with van der Waals surface area (Å²) in [4.78, 5) is 20.1. The highest BCUT2D eigenvalue weighted by Gasteiger charge is 2.17. The van der Waals surface area contributed by atoms with E-state index in [-0.39, 0.29) is 0 Å². The fraction of sp³-hybridized carbons (Fsp3) is 0. The van der Waals surface area contributed by atoms with Gasteiger partial charge in [-0.05, 0) is 63.4 Å². The lowest BCUT2D eigenvalue weighted by Crippen LogP contribution is -2.00. The minimum atomic E-state index is 0.619. The molecule has 0 radical (unpaired) electrons. The predicted octanol–water partition coefficient (Wildman–Crippen LogP) is 11.8. The smallest absolute Gasteiger partial charge is 0.164 e. The van der Waals surface area contributed by atoms with Crippen molar-refractivity contribution in [3.63, 3.8) is 0 Å². The van der Waals surface area contributed by atoms with Gasteiger partial charge < -0.3 is 4.42 Å². The summed E-state index contributed by atoms with van der Waals surface area (Å²) in [6, 6.07) is 58.3. The van der Waals surface area contributed by atoms with Crippen LogP contribution in [0, 0.1) is 0 Å². The van der Waals surface area contributed by atoms with Gasteiger partial charge in [0, 0.05) is 27.5 Å². The van der Waals surface area contributed by atoms with Gasteiger partial charge in [-0.3, -0.25) is 0 Å². The first-order valence-electron chi connectivity index (χ1n) is 17.0. The third kappa shape index (κ3) is 5.11. The monoisotopic (exact) mass is 652 g/mol. The van der Waals surface area contributed by atoms with Gasteiger partial charge in [0.25, 0.3) is 0 Å². The Balaban J connectivity index is 1.07. The van der Waals surface area contributed by atoms with E-state index in [9.17, 15) is 0 Å². The second kappa shape index (κ2) is 11.9. The first kappa shape index (κ1) is 29.0. The van der Waals surface area contributed by atoms with Crippen LogP contribution in [-0.2, 0) is 0 Å². The molecule has 51 heavy (non-hydrogen) atoms. The molecule has 0 bridgehead atoms. The summed E-state index contributed by atoms with van der Waals surface area (Å²) in [6.07, 6.45) is 0. The van der Waals surface area contributed by atoms with Gasteiger partial charge in [0.05, 0.1) is 5.52 Å². The Labute approximate surface area is 293 Å². The van der Waals surface area contributed by atoms with Crippen LogP contribution in [0.2, 0.25) is 0 Å². The van der Waals surface area contributed by atoms with Crippen LogP contribution in [0.3, 0.4) is 0 Å². The van der Waals surface area contributed by atoms with Crippen molar-refractivity contribution >= 4 is 43.7 Å². The van der Waals surface area contributed by atoms with Gasteiger partial charge in [0.1, 0.15) is 11.1 Å². The summed E-state index contributed by atoms with van der Waals surface area (Å²) in [5, 5.41) is 4.31. The lowest BCUT2D eigenvalue weighted by Gasteiger charge is -2.13. The zero-order valence-electron chi connectivity index (χ0n) is 27.4. The fourth-order valence-electron chi connectivity index (χ4n) is 6.99. The fourth-order valence-corrected chi connectivity index (χ4v) is 6.99. The van der Waals surface area contributed by atoms with Crippen molar-refractivity contribution in [2.24, 2.45) is 0 Å². The van der Waals surface area contributed by atoms with Crippen molar-refractivity contribution in [2.45, 2.75) is 0 Å². The quantitative estimate of drug-likeness (QED) is 0.185. The number of furan rings is 1. The summed E-state index contributed by atoms with van der Waals surface area (Å²) >= 11 is 0. The molecule has 0 atom stereocenters. The van der Waals surface area contributed by atoms with Crippen molar-refractivity contribution in [1.82, 2.24) is 19.9 Å². The van der Waals surface area contributed by atoms with E-state index in [2.05, 4.69) is 109 Å². The number of hydrogen-bond acceptors (Lipinski definition) is 5. The highest BCUT2D eigenvalue weighted by Crippen LogP contribution is 2.37.